The van der Waals surface area contributed by atoms with Crippen molar-refractivity contribution in [2.24, 2.45) is 0 Å². The third kappa shape index (κ3) is 5.74. The van der Waals surface area contributed by atoms with Crippen LogP contribution in [0.1, 0.15) is 52.6 Å². The Morgan fingerprint density at radius 2 is 1.80 bits per heavy atom. The molecule has 0 radical (unpaired) electrons. The Hall–Kier alpha value is -3.17. The number of aryl methyl sites for hydroxylation is 1. The zero-order valence-corrected chi connectivity index (χ0v) is 20.0. The first-order valence-electron chi connectivity index (χ1n) is 10.7. The van der Waals surface area contributed by atoms with Crippen LogP contribution in [0, 0.1) is 6.92 Å². The number of aliphatic hydroxyl groups is 1. The Morgan fingerprint density at radius 3 is 2.34 bits per heavy atom. The molecule has 10 heteroatoms. The van der Waals surface area contributed by atoms with Crippen molar-refractivity contribution in [2.45, 2.75) is 45.1 Å². The lowest BCUT2D eigenvalue weighted by Gasteiger charge is -2.35. The highest BCUT2D eigenvalue weighted by Gasteiger charge is 2.60. The fourth-order valence-electron chi connectivity index (χ4n) is 3.49. The number of nitrogens with zero attached hydrogens (tertiary/aromatic N) is 2. The molecule has 35 heavy (non-hydrogen) atoms. The van der Waals surface area contributed by atoms with Gasteiger partial charge in [-0.05, 0) is 49.2 Å². The standard InChI is InChI=1S/C25H24ClF3N2O4/c1-4-34-23(32)18-7-5-17(6-8-18)14-35-19-9-10-20(21(26)11-19)16(3)24(33,25(27,28)29)22-13-30-15(2)12-31-22/h5-13,16,33H,4,14H2,1-3H3/t16-,24-/m1/s1. The van der Waals surface area contributed by atoms with E-state index in [0.717, 1.165) is 18.0 Å². The fourth-order valence-corrected chi connectivity index (χ4v) is 3.83. The molecule has 0 aliphatic heterocycles. The first-order chi connectivity index (χ1) is 16.5. The maximum Gasteiger partial charge on any atom is 0.423 e. The van der Waals surface area contributed by atoms with Crippen molar-refractivity contribution < 1.29 is 32.5 Å². The van der Waals surface area contributed by atoms with E-state index < -0.39 is 29.4 Å². The van der Waals surface area contributed by atoms with E-state index in [-0.39, 0.29) is 23.8 Å². The summed E-state index contributed by atoms with van der Waals surface area (Å²) in [6.07, 6.45) is -2.96. The van der Waals surface area contributed by atoms with Gasteiger partial charge in [-0.15, -0.1) is 0 Å². The molecule has 0 unspecified atom stereocenters. The molecular formula is C25H24ClF3N2O4. The molecule has 0 aliphatic carbocycles. The van der Waals surface area contributed by atoms with Gasteiger partial charge in [0, 0.05) is 17.1 Å². The average molecular weight is 509 g/mol. The number of alkyl halides is 3. The summed E-state index contributed by atoms with van der Waals surface area (Å²) in [5, 5.41) is 10.8. The van der Waals surface area contributed by atoms with E-state index in [4.69, 9.17) is 21.1 Å². The Kier molecular flexibility index (Phi) is 8.02. The number of carbonyl (C=O) groups is 1. The van der Waals surface area contributed by atoms with Crippen molar-refractivity contribution in [3.63, 3.8) is 0 Å². The number of carbonyl (C=O) groups excluding carboxylic acids is 1. The van der Waals surface area contributed by atoms with Crippen LogP contribution in [0.15, 0.2) is 54.9 Å². The molecule has 0 aliphatic rings. The number of ether oxygens (including phenoxy) is 2. The molecule has 3 aromatic rings. The summed E-state index contributed by atoms with van der Waals surface area (Å²) >= 11 is 6.31. The van der Waals surface area contributed by atoms with Crippen LogP contribution in [0.4, 0.5) is 13.2 Å². The van der Waals surface area contributed by atoms with Gasteiger partial charge in [0.25, 0.3) is 0 Å². The van der Waals surface area contributed by atoms with Crippen LogP contribution >= 0.6 is 11.6 Å². The molecule has 2 aromatic carbocycles. The van der Waals surface area contributed by atoms with Gasteiger partial charge in [0.05, 0.1) is 24.1 Å². The largest absolute Gasteiger partial charge is 0.489 e. The van der Waals surface area contributed by atoms with Gasteiger partial charge in [-0.1, -0.05) is 36.7 Å². The summed E-state index contributed by atoms with van der Waals surface area (Å²) < 4.78 is 52.8. The first-order valence-corrected chi connectivity index (χ1v) is 11.1. The summed E-state index contributed by atoms with van der Waals surface area (Å²) in [4.78, 5) is 19.4. The van der Waals surface area contributed by atoms with Crippen molar-refractivity contribution in [3.05, 3.63) is 88.0 Å². The molecule has 1 N–H and O–H groups in total. The van der Waals surface area contributed by atoms with Crippen molar-refractivity contribution in [2.75, 3.05) is 6.61 Å². The van der Waals surface area contributed by atoms with Crippen LogP contribution in [0.25, 0.3) is 0 Å². The summed E-state index contributed by atoms with van der Waals surface area (Å²) in [5.41, 5.74) is -2.27. The van der Waals surface area contributed by atoms with Gasteiger partial charge in [-0.25, -0.2) is 4.79 Å². The Morgan fingerprint density at radius 1 is 1.11 bits per heavy atom. The van der Waals surface area contributed by atoms with Crippen molar-refractivity contribution in [1.82, 2.24) is 9.97 Å². The van der Waals surface area contributed by atoms with Gasteiger partial charge in [0.15, 0.2) is 0 Å². The zero-order chi connectivity index (χ0) is 25.8. The number of hydrogen-bond acceptors (Lipinski definition) is 6. The molecule has 186 valence electrons. The van der Waals surface area contributed by atoms with E-state index in [9.17, 15) is 23.1 Å². The maximum atomic E-state index is 14.1. The maximum absolute atomic E-state index is 14.1. The minimum Gasteiger partial charge on any atom is -0.489 e. The number of benzene rings is 2. The highest BCUT2D eigenvalue weighted by atomic mass is 35.5. The Labute approximate surface area is 205 Å². The molecule has 0 fully saturated rings. The van der Waals surface area contributed by atoms with Crippen LogP contribution in [-0.4, -0.2) is 33.8 Å². The second kappa shape index (κ2) is 10.6. The van der Waals surface area contributed by atoms with Gasteiger partial charge < -0.3 is 14.6 Å². The van der Waals surface area contributed by atoms with E-state index in [1.165, 1.54) is 25.1 Å². The van der Waals surface area contributed by atoms with E-state index >= 15 is 0 Å². The van der Waals surface area contributed by atoms with Crippen LogP contribution in [0.5, 0.6) is 5.75 Å². The van der Waals surface area contributed by atoms with Crippen molar-refractivity contribution in [3.8, 4) is 5.75 Å². The van der Waals surface area contributed by atoms with Crippen LogP contribution < -0.4 is 4.74 Å². The third-order valence-electron chi connectivity index (χ3n) is 5.54. The molecule has 6 nitrogen and oxygen atoms in total. The third-order valence-corrected chi connectivity index (χ3v) is 5.87. The first kappa shape index (κ1) is 26.4. The molecular weight excluding hydrogens is 485 g/mol. The van der Waals surface area contributed by atoms with Gasteiger partial charge in [0.2, 0.25) is 5.60 Å². The van der Waals surface area contributed by atoms with Crippen LogP contribution in [0.2, 0.25) is 5.02 Å². The predicted molar refractivity (Wildman–Crippen MR) is 123 cm³/mol. The van der Waals surface area contributed by atoms with Crippen molar-refractivity contribution in [1.29, 1.82) is 0 Å². The Bertz CT molecular complexity index is 1170. The van der Waals surface area contributed by atoms with E-state index in [1.54, 1.807) is 38.1 Å². The predicted octanol–water partition coefficient (Wildman–Crippen LogP) is 5.75. The van der Waals surface area contributed by atoms with Gasteiger partial charge >= 0.3 is 12.1 Å². The molecule has 0 saturated carbocycles. The lowest BCUT2D eigenvalue weighted by Crippen LogP contribution is -2.47. The monoisotopic (exact) mass is 508 g/mol. The lowest BCUT2D eigenvalue weighted by molar-refractivity contribution is -0.276. The van der Waals surface area contributed by atoms with E-state index in [1.807, 2.05) is 0 Å². The van der Waals surface area contributed by atoms with Gasteiger partial charge in [-0.3, -0.25) is 9.97 Å². The number of esters is 1. The van der Waals surface area contributed by atoms with Crippen molar-refractivity contribution >= 4 is 17.6 Å². The van der Waals surface area contributed by atoms with E-state index in [2.05, 4.69) is 9.97 Å². The summed E-state index contributed by atoms with van der Waals surface area (Å²) in [5.74, 6) is -1.59. The normalized spacial score (nSPS) is 14.2. The highest BCUT2D eigenvalue weighted by Crippen LogP contribution is 2.49. The van der Waals surface area contributed by atoms with Gasteiger partial charge in [-0.2, -0.15) is 13.2 Å². The summed E-state index contributed by atoms with van der Waals surface area (Å²) in [6.45, 7) is 4.94. The second-order valence-corrected chi connectivity index (χ2v) is 8.33. The molecule has 0 spiro atoms. The Balaban J connectivity index is 1.78. The fraction of sp³-hybridized carbons (Fsp3) is 0.320. The molecule has 3 rings (SSSR count). The SMILES string of the molecule is CCOC(=O)c1ccc(COc2ccc([C@@H](C)[C@@](O)(c3cnc(C)cn3)C(F)(F)F)c(Cl)c2)cc1. The number of rotatable bonds is 8. The molecule has 2 atom stereocenters. The molecule has 0 saturated heterocycles. The van der Waals surface area contributed by atoms with Crippen LogP contribution in [-0.2, 0) is 16.9 Å². The smallest absolute Gasteiger partial charge is 0.423 e. The molecule has 1 aromatic heterocycles. The number of halogens is 4. The minimum atomic E-state index is -5.04. The second-order valence-electron chi connectivity index (χ2n) is 7.92. The average Bonchev–Trinajstić information content (AvgIpc) is 2.82. The quantitative estimate of drug-likeness (QED) is 0.390. The minimum absolute atomic E-state index is 0.00425. The highest BCUT2D eigenvalue weighted by molar-refractivity contribution is 6.31. The number of aromatic nitrogens is 2. The zero-order valence-electron chi connectivity index (χ0n) is 19.3. The number of hydrogen-bond donors (Lipinski definition) is 1. The summed E-state index contributed by atoms with van der Waals surface area (Å²) in [6, 6.07) is 10.9. The lowest BCUT2D eigenvalue weighted by atomic mass is 9.80. The van der Waals surface area contributed by atoms with Gasteiger partial charge in [0.1, 0.15) is 18.1 Å². The molecule has 1 heterocycles. The summed E-state index contributed by atoms with van der Waals surface area (Å²) in [7, 11) is 0. The molecule has 0 amide bonds. The van der Waals surface area contributed by atoms with E-state index in [0.29, 0.717) is 17.0 Å². The topological polar surface area (TPSA) is 81.5 Å². The molecule has 0 bridgehead atoms. The van der Waals surface area contributed by atoms with Crippen LogP contribution in [0.3, 0.4) is 0 Å².